The van der Waals surface area contributed by atoms with Gasteiger partial charge in [-0.05, 0) is 37.1 Å². The third kappa shape index (κ3) is 4.42. The molecule has 0 spiro atoms. The van der Waals surface area contributed by atoms with E-state index in [0.29, 0.717) is 32.5 Å². The van der Waals surface area contributed by atoms with E-state index < -0.39 is 0 Å². The molecule has 1 aliphatic rings. The average molecular weight is 352 g/mol. The highest BCUT2D eigenvalue weighted by atomic mass is 16.5. The highest BCUT2D eigenvalue weighted by Gasteiger charge is 2.33. The molecule has 0 saturated carbocycles. The monoisotopic (exact) mass is 352 g/mol. The number of para-hydroxylation sites is 2. The first-order valence-electron chi connectivity index (χ1n) is 9.03. The zero-order valence-electron chi connectivity index (χ0n) is 15.0. The number of carbonyl (C=O) groups is 2. The van der Waals surface area contributed by atoms with Crippen LogP contribution in [0.25, 0.3) is 0 Å². The normalized spacial score (nSPS) is 16.6. The SMILES string of the molecule is CCN1CC(C(=O)NCCc2ccccc2Oc2ccccc2)CC1=O. The number of hydrogen-bond donors (Lipinski definition) is 1. The third-order valence-electron chi connectivity index (χ3n) is 4.60. The number of rotatable bonds is 7. The maximum atomic E-state index is 12.3. The van der Waals surface area contributed by atoms with Crippen LogP contribution >= 0.6 is 0 Å². The number of likely N-dealkylation sites (tertiary alicyclic amines) is 1. The van der Waals surface area contributed by atoms with Gasteiger partial charge in [-0.15, -0.1) is 0 Å². The van der Waals surface area contributed by atoms with Crippen LogP contribution in [0.1, 0.15) is 18.9 Å². The summed E-state index contributed by atoms with van der Waals surface area (Å²) < 4.78 is 5.95. The van der Waals surface area contributed by atoms with Gasteiger partial charge >= 0.3 is 0 Å². The van der Waals surface area contributed by atoms with Gasteiger partial charge in [0.1, 0.15) is 11.5 Å². The summed E-state index contributed by atoms with van der Waals surface area (Å²) in [5, 5.41) is 2.96. The molecule has 1 N–H and O–H groups in total. The van der Waals surface area contributed by atoms with Crippen molar-refractivity contribution < 1.29 is 14.3 Å². The maximum absolute atomic E-state index is 12.3. The topological polar surface area (TPSA) is 58.6 Å². The van der Waals surface area contributed by atoms with Crippen molar-refractivity contribution in [1.82, 2.24) is 10.2 Å². The van der Waals surface area contributed by atoms with Gasteiger partial charge in [0.2, 0.25) is 11.8 Å². The van der Waals surface area contributed by atoms with Crippen molar-refractivity contribution in [3.05, 3.63) is 60.2 Å². The van der Waals surface area contributed by atoms with Gasteiger partial charge in [-0.25, -0.2) is 0 Å². The van der Waals surface area contributed by atoms with Crippen LogP contribution in [0.3, 0.4) is 0 Å². The van der Waals surface area contributed by atoms with Crippen LogP contribution in [0.15, 0.2) is 54.6 Å². The van der Waals surface area contributed by atoms with Gasteiger partial charge < -0.3 is 15.0 Å². The van der Waals surface area contributed by atoms with Crippen LogP contribution < -0.4 is 10.1 Å². The molecule has 1 saturated heterocycles. The standard InChI is InChI=1S/C21H24N2O3/c1-2-23-15-17(14-20(23)24)21(25)22-13-12-16-8-6-7-11-19(16)26-18-9-4-3-5-10-18/h3-11,17H,2,12-15H2,1H3,(H,22,25). The molecule has 3 rings (SSSR count). The fraction of sp³-hybridized carbons (Fsp3) is 0.333. The van der Waals surface area contributed by atoms with Gasteiger partial charge in [-0.3, -0.25) is 9.59 Å². The van der Waals surface area contributed by atoms with E-state index in [0.717, 1.165) is 17.1 Å². The van der Waals surface area contributed by atoms with Crippen LogP contribution in [-0.4, -0.2) is 36.3 Å². The fourth-order valence-corrected chi connectivity index (χ4v) is 3.14. The van der Waals surface area contributed by atoms with Crippen molar-refractivity contribution in [1.29, 1.82) is 0 Å². The molecule has 136 valence electrons. The van der Waals surface area contributed by atoms with Gasteiger partial charge in [0, 0.05) is 26.1 Å². The van der Waals surface area contributed by atoms with E-state index >= 15 is 0 Å². The van der Waals surface area contributed by atoms with Crippen molar-refractivity contribution in [3.63, 3.8) is 0 Å². The van der Waals surface area contributed by atoms with E-state index in [1.165, 1.54) is 0 Å². The molecule has 0 bridgehead atoms. The second-order valence-corrected chi connectivity index (χ2v) is 6.40. The second kappa shape index (κ2) is 8.52. The summed E-state index contributed by atoms with van der Waals surface area (Å²) in [6, 6.07) is 17.5. The molecule has 26 heavy (non-hydrogen) atoms. The summed E-state index contributed by atoms with van der Waals surface area (Å²) in [6.45, 7) is 3.63. The molecule has 0 radical (unpaired) electrons. The average Bonchev–Trinajstić information content (AvgIpc) is 3.05. The van der Waals surface area contributed by atoms with Crippen LogP contribution in [-0.2, 0) is 16.0 Å². The highest BCUT2D eigenvalue weighted by Crippen LogP contribution is 2.25. The third-order valence-corrected chi connectivity index (χ3v) is 4.60. The number of nitrogens with one attached hydrogen (secondary N) is 1. The number of ether oxygens (including phenoxy) is 1. The van der Waals surface area contributed by atoms with E-state index in [1.54, 1.807) is 4.90 Å². The Hall–Kier alpha value is -2.82. The van der Waals surface area contributed by atoms with Gasteiger partial charge in [-0.1, -0.05) is 36.4 Å². The fourth-order valence-electron chi connectivity index (χ4n) is 3.14. The predicted molar refractivity (Wildman–Crippen MR) is 100 cm³/mol. The Kier molecular flexibility index (Phi) is 5.89. The summed E-state index contributed by atoms with van der Waals surface area (Å²) in [7, 11) is 0. The highest BCUT2D eigenvalue weighted by molar-refractivity contribution is 5.89. The van der Waals surface area contributed by atoms with Gasteiger partial charge in [0.15, 0.2) is 0 Å². The Morgan fingerprint density at radius 1 is 1.15 bits per heavy atom. The molecule has 2 aromatic rings. The van der Waals surface area contributed by atoms with Crippen LogP contribution in [0.2, 0.25) is 0 Å². The number of hydrogen-bond acceptors (Lipinski definition) is 3. The molecule has 0 aliphatic carbocycles. The number of amides is 2. The lowest BCUT2D eigenvalue weighted by molar-refractivity contribution is -0.128. The van der Waals surface area contributed by atoms with E-state index in [4.69, 9.17) is 4.74 Å². The van der Waals surface area contributed by atoms with E-state index in [-0.39, 0.29) is 17.7 Å². The number of benzene rings is 2. The Bertz CT molecular complexity index is 761. The van der Waals surface area contributed by atoms with Gasteiger partial charge in [0.05, 0.1) is 5.92 Å². The summed E-state index contributed by atoms with van der Waals surface area (Å²) in [5.74, 6) is 1.36. The first-order chi connectivity index (χ1) is 12.7. The molecule has 2 aromatic carbocycles. The zero-order chi connectivity index (χ0) is 18.4. The molecule has 1 atom stereocenters. The first-order valence-corrected chi connectivity index (χ1v) is 9.03. The second-order valence-electron chi connectivity index (χ2n) is 6.40. The van der Waals surface area contributed by atoms with E-state index in [9.17, 15) is 9.59 Å². The lowest BCUT2D eigenvalue weighted by atomic mass is 10.1. The predicted octanol–water partition coefficient (Wildman–Crippen LogP) is 3.01. The van der Waals surface area contributed by atoms with E-state index in [2.05, 4.69) is 5.32 Å². The molecule has 1 heterocycles. The minimum Gasteiger partial charge on any atom is -0.457 e. The van der Waals surface area contributed by atoms with Crippen molar-refractivity contribution in [2.45, 2.75) is 19.8 Å². The molecule has 1 aliphatic heterocycles. The first kappa shape index (κ1) is 18.0. The van der Waals surface area contributed by atoms with E-state index in [1.807, 2.05) is 61.5 Å². The molecule has 5 heteroatoms. The summed E-state index contributed by atoms with van der Waals surface area (Å²) in [6.07, 6.45) is 0.986. The zero-order valence-corrected chi connectivity index (χ0v) is 15.0. The molecular formula is C21H24N2O3. The quantitative estimate of drug-likeness (QED) is 0.833. The van der Waals surface area contributed by atoms with Gasteiger partial charge in [0.25, 0.3) is 0 Å². The van der Waals surface area contributed by atoms with Gasteiger partial charge in [-0.2, -0.15) is 0 Å². The Labute approximate surface area is 154 Å². The molecule has 1 fully saturated rings. The Balaban J connectivity index is 1.54. The van der Waals surface area contributed by atoms with Crippen molar-refractivity contribution in [2.75, 3.05) is 19.6 Å². The lowest BCUT2D eigenvalue weighted by Gasteiger charge is -2.14. The maximum Gasteiger partial charge on any atom is 0.225 e. The lowest BCUT2D eigenvalue weighted by Crippen LogP contribution is -2.34. The molecule has 2 amide bonds. The largest absolute Gasteiger partial charge is 0.457 e. The molecule has 1 unspecified atom stereocenters. The van der Waals surface area contributed by atoms with Crippen molar-refractivity contribution >= 4 is 11.8 Å². The number of carbonyl (C=O) groups excluding carboxylic acids is 2. The molecule has 5 nitrogen and oxygen atoms in total. The Morgan fingerprint density at radius 3 is 2.62 bits per heavy atom. The van der Waals surface area contributed by atoms with Crippen LogP contribution in [0.4, 0.5) is 0 Å². The van der Waals surface area contributed by atoms with Crippen LogP contribution in [0, 0.1) is 5.92 Å². The van der Waals surface area contributed by atoms with Crippen LogP contribution in [0.5, 0.6) is 11.5 Å². The smallest absolute Gasteiger partial charge is 0.225 e. The molecular weight excluding hydrogens is 328 g/mol. The minimum absolute atomic E-state index is 0.0456. The summed E-state index contributed by atoms with van der Waals surface area (Å²) >= 11 is 0. The number of nitrogens with zero attached hydrogens (tertiary/aromatic N) is 1. The molecule has 0 aromatic heterocycles. The minimum atomic E-state index is -0.238. The van der Waals surface area contributed by atoms with Crippen molar-refractivity contribution in [3.8, 4) is 11.5 Å². The van der Waals surface area contributed by atoms with Crippen molar-refractivity contribution in [2.24, 2.45) is 5.92 Å². The summed E-state index contributed by atoms with van der Waals surface area (Å²) in [5.41, 5.74) is 1.04. The Morgan fingerprint density at radius 2 is 1.88 bits per heavy atom. The summed E-state index contributed by atoms with van der Waals surface area (Å²) in [4.78, 5) is 25.8.